The van der Waals surface area contributed by atoms with Gasteiger partial charge in [0.05, 0.1) is 35.5 Å². The SMILES string of the molecule is C=C/C=C(F)\C(Cn1ncc2c(-c3cccc(C#N)c3C)nc(N)nc21)=C(/C)F. The maximum absolute atomic E-state index is 14.2. The highest BCUT2D eigenvalue weighted by Gasteiger charge is 2.18. The Bertz CT molecular complexity index is 1210. The van der Waals surface area contributed by atoms with Crippen molar-refractivity contribution < 1.29 is 8.78 Å². The summed E-state index contributed by atoms with van der Waals surface area (Å²) < 4.78 is 29.5. The number of benzene rings is 1. The van der Waals surface area contributed by atoms with Crippen LogP contribution in [0.15, 0.2) is 60.4 Å². The number of rotatable bonds is 5. The lowest BCUT2D eigenvalue weighted by Gasteiger charge is -2.10. The van der Waals surface area contributed by atoms with E-state index in [9.17, 15) is 14.0 Å². The zero-order valence-corrected chi connectivity index (χ0v) is 15.9. The summed E-state index contributed by atoms with van der Waals surface area (Å²) in [6.07, 6.45) is 3.83. The zero-order valence-electron chi connectivity index (χ0n) is 15.9. The second-order valence-corrected chi connectivity index (χ2v) is 6.32. The largest absolute Gasteiger partial charge is 0.368 e. The van der Waals surface area contributed by atoms with Crippen LogP contribution < -0.4 is 5.73 Å². The van der Waals surface area contributed by atoms with Crippen molar-refractivity contribution in [2.45, 2.75) is 20.4 Å². The van der Waals surface area contributed by atoms with E-state index in [1.165, 1.54) is 23.9 Å². The van der Waals surface area contributed by atoms with Gasteiger partial charge in [-0.2, -0.15) is 15.3 Å². The summed E-state index contributed by atoms with van der Waals surface area (Å²) in [5, 5.41) is 14.1. The van der Waals surface area contributed by atoms with Crippen LogP contribution in [0.4, 0.5) is 14.7 Å². The molecule has 0 radical (unpaired) electrons. The Hall–Kier alpha value is -3.86. The second kappa shape index (κ2) is 8.02. The minimum atomic E-state index is -0.747. The summed E-state index contributed by atoms with van der Waals surface area (Å²) >= 11 is 0. The molecule has 0 fully saturated rings. The monoisotopic (exact) mass is 392 g/mol. The molecule has 3 aromatic rings. The van der Waals surface area contributed by atoms with Gasteiger partial charge in [-0.3, -0.25) is 0 Å². The van der Waals surface area contributed by atoms with Crippen LogP contribution in [0.25, 0.3) is 22.3 Å². The van der Waals surface area contributed by atoms with Crippen molar-refractivity contribution in [3.8, 4) is 17.3 Å². The van der Waals surface area contributed by atoms with Gasteiger partial charge in [0.1, 0.15) is 11.7 Å². The van der Waals surface area contributed by atoms with E-state index < -0.39 is 11.7 Å². The van der Waals surface area contributed by atoms with Crippen molar-refractivity contribution in [1.82, 2.24) is 19.7 Å². The lowest BCUT2D eigenvalue weighted by molar-refractivity contribution is 0.558. The summed E-state index contributed by atoms with van der Waals surface area (Å²) in [6.45, 7) is 6.22. The van der Waals surface area contributed by atoms with Gasteiger partial charge >= 0.3 is 0 Å². The fourth-order valence-electron chi connectivity index (χ4n) is 3.01. The molecule has 1 aromatic carbocycles. The van der Waals surface area contributed by atoms with Crippen LogP contribution in [0.3, 0.4) is 0 Å². The number of nitrogens with two attached hydrogens (primary N) is 1. The fourth-order valence-corrected chi connectivity index (χ4v) is 3.01. The molecule has 0 spiro atoms. The Balaban J connectivity index is 2.19. The predicted molar refractivity (Wildman–Crippen MR) is 108 cm³/mol. The summed E-state index contributed by atoms with van der Waals surface area (Å²) in [6, 6.07) is 7.41. The molecular weight excluding hydrogens is 374 g/mol. The normalized spacial score (nSPS) is 12.6. The van der Waals surface area contributed by atoms with Gasteiger partial charge in [-0.05, 0) is 31.6 Å². The van der Waals surface area contributed by atoms with Crippen molar-refractivity contribution in [3.63, 3.8) is 0 Å². The number of allylic oxidation sites excluding steroid dienone is 5. The highest BCUT2D eigenvalue weighted by molar-refractivity contribution is 5.92. The van der Waals surface area contributed by atoms with Gasteiger partial charge in [0, 0.05) is 11.1 Å². The Kier molecular flexibility index (Phi) is 5.50. The first kappa shape index (κ1) is 19.9. The molecule has 146 valence electrons. The van der Waals surface area contributed by atoms with E-state index in [0.717, 1.165) is 11.6 Å². The molecule has 29 heavy (non-hydrogen) atoms. The molecule has 2 heterocycles. The van der Waals surface area contributed by atoms with E-state index in [4.69, 9.17) is 5.73 Å². The molecule has 0 aliphatic carbocycles. The molecule has 6 nitrogen and oxygen atoms in total. The second-order valence-electron chi connectivity index (χ2n) is 6.32. The number of halogens is 2. The number of hydrogen-bond acceptors (Lipinski definition) is 5. The quantitative estimate of drug-likeness (QED) is 0.644. The van der Waals surface area contributed by atoms with Gasteiger partial charge in [0.15, 0.2) is 5.65 Å². The van der Waals surface area contributed by atoms with Gasteiger partial charge < -0.3 is 5.73 Å². The van der Waals surface area contributed by atoms with Crippen LogP contribution in [0.2, 0.25) is 0 Å². The molecule has 0 bridgehead atoms. The molecule has 2 N–H and O–H groups in total. The maximum atomic E-state index is 14.2. The van der Waals surface area contributed by atoms with E-state index in [1.54, 1.807) is 12.1 Å². The molecule has 0 atom stereocenters. The number of anilines is 1. The fraction of sp³-hybridized carbons (Fsp3) is 0.143. The maximum Gasteiger partial charge on any atom is 0.222 e. The minimum absolute atomic E-state index is 0.0133. The highest BCUT2D eigenvalue weighted by Crippen LogP contribution is 2.31. The average molecular weight is 392 g/mol. The third-order valence-electron chi connectivity index (χ3n) is 4.50. The van der Waals surface area contributed by atoms with Crippen LogP contribution in [-0.2, 0) is 6.54 Å². The first-order valence-electron chi connectivity index (χ1n) is 8.70. The van der Waals surface area contributed by atoms with E-state index in [2.05, 4.69) is 27.7 Å². The first-order chi connectivity index (χ1) is 13.9. The molecular formula is C21H18F2N6. The molecule has 0 aliphatic rings. The van der Waals surface area contributed by atoms with Crippen LogP contribution >= 0.6 is 0 Å². The Morgan fingerprint density at radius 2 is 2.10 bits per heavy atom. The number of aromatic nitrogens is 4. The molecule has 0 aliphatic heterocycles. The number of nitrogens with zero attached hydrogens (tertiary/aromatic N) is 5. The lowest BCUT2D eigenvalue weighted by atomic mass is 9.99. The van der Waals surface area contributed by atoms with Crippen LogP contribution in [0.5, 0.6) is 0 Å². The molecule has 0 saturated heterocycles. The van der Waals surface area contributed by atoms with E-state index in [1.807, 2.05) is 13.0 Å². The van der Waals surface area contributed by atoms with Crippen molar-refractivity contribution in [3.05, 3.63) is 71.5 Å². The molecule has 2 aromatic heterocycles. The van der Waals surface area contributed by atoms with Crippen LogP contribution in [-0.4, -0.2) is 19.7 Å². The van der Waals surface area contributed by atoms with Crippen LogP contribution in [0.1, 0.15) is 18.1 Å². The van der Waals surface area contributed by atoms with Gasteiger partial charge in [-0.15, -0.1) is 0 Å². The predicted octanol–water partition coefficient (Wildman–Crippen LogP) is 4.54. The van der Waals surface area contributed by atoms with Crippen molar-refractivity contribution in [2.24, 2.45) is 0 Å². The number of hydrogen-bond donors (Lipinski definition) is 1. The number of nitriles is 1. The summed E-state index contributed by atoms with van der Waals surface area (Å²) in [5.41, 5.74) is 8.51. The molecule has 3 rings (SSSR count). The van der Waals surface area contributed by atoms with E-state index >= 15 is 0 Å². The molecule has 0 amide bonds. The molecule has 8 heteroatoms. The van der Waals surface area contributed by atoms with Gasteiger partial charge in [-0.1, -0.05) is 24.8 Å². The van der Waals surface area contributed by atoms with Crippen molar-refractivity contribution in [1.29, 1.82) is 5.26 Å². The minimum Gasteiger partial charge on any atom is -0.368 e. The zero-order chi connectivity index (χ0) is 21.1. The lowest BCUT2D eigenvalue weighted by Crippen LogP contribution is -2.07. The smallest absolute Gasteiger partial charge is 0.222 e. The first-order valence-corrected chi connectivity index (χ1v) is 8.70. The summed E-state index contributed by atoms with van der Waals surface area (Å²) in [7, 11) is 0. The Labute approximate surface area is 166 Å². The number of fused-ring (bicyclic) bond motifs is 1. The molecule has 0 unspecified atom stereocenters. The highest BCUT2D eigenvalue weighted by atomic mass is 19.1. The standard InChI is InChI=1S/C21H18F2N6/c1-4-6-18(23)17(13(3)22)11-29-20-16(10-26-29)19(27-21(25)28-20)15-8-5-7-14(9-24)12(15)2/h4-8,10H,1,11H2,2-3H3,(H2,25,27,28)/b17-13+,18-6+. The van der Waals surface area contributed by atoms with Gasteiger partial charge in [0.25, 0.3) is 0 Å². The Morgan fingerprint density at radius 1 is 1.34 bits per heavy atom. The average Bonchev–Trinajstić information content (AvgIpc) is 3.08. The third-order valence-corrected chi connectivity index (χ3v) is 4.50. The topological polar surface area (TPSA) is 93.4 Å². The summed E-state index contributed by atoms with van der Waals surface area (Å²) in [5.74, 6) is -1.44. The Morgan fingerprint density at radius 3 is 2.76 bits per heavy atom. The van der Waals surface area contributed by atoms with Gasteiger partial charge in [0.2, 0.25) is 5.95 Å². The van der Waals surface area contributed by atoms with E-state index in [-0.39, 0.29) is 18.1 Å². The third kappa shape index (κ3) is 3.75. The van der Waals surface area contributed by atoms with Gasteiger partial charge in [-0.25, -0.2) is 18.4 Å². The van der Waals surface area contributed by atoms with E-state index in [0.29, 0.717) is 27.9 Å². The van der Waals surface area contributed by atoms with Crippen molar-refractivity contribution >= 4 is 17.0 Å². The summed E-state index contributed by atoms with van der Waals surface area (Å²) in [4.78, 5) is 8.53. The van der Waals surface area contributed by atoms with Crippen molar-refractivity contribution in [2.75, 3.05) is 5.73 Å². The number of nitrogen functional groups attached to an aromatic ring is 1. The molecule has 0 saturated carbocycles. The van der Waals surface area contributed by atoms with Crippen LogP contribution in [0, 0.1) is 18.3 Å².